The zero-order valence-corrected chi connectivity index (χ0v) is 19.4. The van der Waals surface area contributed by atoms with E-state index in [9.17, 15) is 13.2 Å². The van der Waals surface area contributed by atoms with Crippen LogP contribution in [-0.2, 0) is 9.84 Å². The minimum atomic E-state index is -3.06. The highest BCUT2D eigenvalue weighted by Gasteiger charge is 2.34. The van der Waals surface area contributed by atoms with Gasteiger partial charge in [-0.2, -0.15) is 5.10 Å². The number of nitrogens with one attached hydrogen (secondary N) is 1. The maximum atomic E-state index is 13.4. The minimum Gasteiger partial charge on any atom is -0.322 e. The Balaban J connectivity index is 1.58. The van der Waals surface area contributed by atoms with E-state index in [-0.39, 0.29) is 23.5 Å². The summed E-state index contributed by atoms with van der Waals surface area (Å²) in [7, 11) is -3.06. The topological polar surface area (TPSA) is 93.9 Å². The zero-order valence-electron chi connectivity index (χ0n) is 18.6. The molecule has 1 amide bonds. The Bertz CT molecular complexity index is 1320. The average Bonchev–Trinajstić information content (AvgIpc) is 3.46. The molecule has 3 aromatic rings. The highest BCUT2D eigenvalue weighted by molar-refractivity contribution is 7.91. The van der Waals surface area contributed by atoms with Crippen molar-refractivity contribution >= 4 is 32.5 Å². The lowest BCUT2D eigenvalue weighted by Crippen LogP contribution is -2.15. The second kappa shape index (κ2) is 7.69. The third-order valence-corrected chi connectivity index (χ3v) is 8.21. The third-order valence-electron chi connectivity index (χ3n) is 6.46. The number of benzene rings is 1. The van der Waals surface area contributed by atoms with Crippen LogP contribution in [0.1, 0.15) is 78.3 Å². The molecule has 5 rings (SSSR count). The summed E-state index contributed by atoms with van der Waals surface area (Å²) in [6.07, 6.45) is 2.64. The first-order chi connectivity index (χ1) is 15.2. The average molecular weight is 453 g/mol. The molecule has 0 unspecified atom stereocenters. The van der Waals surface area contributed by atoms with Crippen molar-refractivity contribution in [3.8, 4) is 0 Å². The van der Waals surface area contributed by atoms with Gasteiger partial charge in [0.05, 0.1) is 34.2 Å². The van der Waals surface area contributed by atoms with Crippen LogP contribution in [0.2, 0.25) is 0 Å². The second-order valence-electron chi connectivity index (χ2n) is 9.39. The Morgan fingerprint density at radius 2 is 1.97 bits per heavy atom. The van der Waals surface area contributed by atoms with E-state index in [1.54, 1.807) is 4.68 Å². The number of hydrogen-bond acceptors (Lipinski definition) is 5. The number of nitrogens with zero attached hydrogens (tertiary/aromatic N) is 3. The fraction of sp³-hybridized carbons (Fsp3) is 0.458. The number of fused-ring (bicyclic) bond motifs is 1. The van der Waals surface area contributed by atoms with Crippen molar-refractivity contribution in [1.29, 1.82) is 0 Å². The van der Waals surface area contributed by atoms with Crippen LogP contribution in [0.4, 0.5) is 5.69 Å². The molecular formula is C24H28N4O3S. The molecule has 7 nitrogen and oxygen atoms in total. The molecule has 1 aliphatic heterocycles. The van der Waals surface area contributed by atoms with Gasteiger partial charge in [-0.25, -0.2) is 18.1 Å². The molecule has 1 saturated carbocycles. The maximum absolute atomic E-state index is 13.4. The summed E-state index contributed by atoms with van der Waals surface area (Å²) in [6.45, 7) is 6.10. The van der Waals surface area contributed by atoms with Crippen molar-refractivity contribution in [3.05, 3.63) is 52.8 Å². The number of aryl methyl sites for hydroxylation is 1. The van der Waals surface area contributed by atoms with Gasteiger partial charge in [-0.05, 0) is 55.9 Å². The fourth-order valence-electron chi connectivity index (χ4n) is 4.50. The summed E-state index contributed by atoms with van der Waals surface area (Å²) in [4.78, 5) is 18.3. The van der Waals surface area contributed by atoms with Crippen LogP contribution in [0, 0.1) is 6.92 Å². The van der Waals surface area contributed by atoms with Gasteiger partial charge in [0, 0.05) is 17.3 Å². The molecule has 0 radical (unpaired) electrons. The molecule has 1 aromatic carbocycles. The van der Waals surface area contributed by atoms with Crippen molar-refractivity contribution in [2.45, 2.75) is 57.9 Å². The van der Waals surface area contributed by atoms with E-state index in [1.807, 2.05) is 31.2 Å². The molecule has 8 heteroatoms. The summed E-state index contributed by atoms with van der Waals surface area (Å²) in [5.74, 6) is 0.763. The smallest absolute Gasteiger partial charge is 0.256 e. The van der Waals surface area contributed by atoms with E-state index >= 15 is 0 Å². The number of pyridine rings is 1. The van der Waals surface area contributed by atoms with Crippen molar-refractivity contribution < 1.29 is 13.2 Å². The number of carbonyl (C=O) groups excluding carboxylic acids is 1. The fourth-order valence-corrected chi connectivity index (χ4v) is 6.19. The predicted molar refractivity (Wildman–Crippen MR) is 125 cm³/mol. The number of aromatic nitrogens is 3. The highest BCUT2D eigenvalue weighted by Crippen LogP contribution is 2.41. The van der Waals surface area contributed by atoms with Gasteiger partial charge in [0.15, 0.2) is 15.5 Å². The Labute approximate surface area is 188 Å². The lowest BCUT2D eigenvalue weighted by atomic mass is 10.0. The highest BCUT2D eigenvalue weighted by atomic mass is 32.2. The van der Waals surface area contributed by atoms with Crippen molar-refractivity contribution in [2.75, 3.05) is 16.8 Å². The monoisotopic (exact) mass is 452 g/mol. The molecule has 3 heterocycles. The lowest BCUT2D eigenvalue weighted by Gasteiger charge is -2.13. The van der Waals surface area contributed by atoms with Gasteiger partial charge >= 0.3 is 0 Å². The maximum Gasteiger partial charge on any atom is 0.256 e. The van der Waals surface area contributed by atoms with Gasteiger partial charge in [-0.3, -0.25) is 4.79 Å². The number of hydrogen-bond donors (Lipinski definition) is 1. The molecular weight excluding hydrogens is 424 g/mol. The van der Waals surface area contributed by atoms with Crippen LogP contribution < -0.4 is 5.32 Å². The van der Waals surface area contributed by atoms with Gasteiger partial charge in [-0.1, -0.05) is 26.0 Å². The Morgan fingerprint density at radius 3 is 2.62 bits per heavy atom. The predicted octanol–water partition coefficient (Wildman–Crippen LogP) is 4.35. The molecule has 2 fully saturated rings. The lowest BCUT2D eigenvalue weighted by molar-refractivity contribution is 0.102. The summed E-state index contributed by atoms with van der Waals surface area (Å²) in [5.41, 5.74) is 4.67. The van der Waals surface area contributed by atoms with Gasteiger partial charge in [0.1, 0.15) is 0 Å². The Kier molecular flexibility index (Phi) is 5.08. The number of rotatable bonds is 5. The minimum absolute atomic E-state index is 0.0715. The zero-order chi connectivity index (χ0) is 22.6. The number of sulfone groups is 1. The Hall–Kier alpha value is -2.74. The van der Waals surface area contributed by atoms with E-state index in [0.29, 0.717) is 40.5 Å². The van der Waals surface area contributed by atoms with Gasteiger partial charge < -0.3 is 5.32 Å². The van der Waals surface area contributed by atoms with Gasteiger partial charge in [-0.15, -0.1) is 0 Å². The second-order valence-corrected chi connectivity index (χ2v) is 11.6. The quantitative estimate of drug-likeness (QED) is 0.621. The summed E-state index contributed by atoms with van der Waals surface area (Å²) >= 11 is 0. The van der Waals surface area contributed by atoms with Crippen molar-refractivity contribution in [2.24, 2.45) is 0 Å². The first-order valence-corrected chi connectivity index (χ1v) is 13.1. The third kappa shape index (κ3) is 3.92. The molecule has 0 spiro atoms. The van der Waals surface area contributed by atoms with E-state index in [2.05, 4.69) is 30.3 Å². The van der Waals surface area contributed by atoms with Crippen LogP contribution in [0.25, 0.3) is 11.0 Å². The normalized spacial score (nSPS) is 20.2. The van der Waals surface area contributed by atoms with Gasteiger partial charge in [0.2, 0.25) is 0 Å². The first kappa shape index (κ1) is 21.1. The molecule has 1 aliphatic carbocycles. The molecule has 2 aromatic heterocycles. The van der Waals surface area contributed by atoms with Crippen LogP contribution in [0.5, 0.6) is 0 Å². The van der Waals surface area contributed by atoms with E-state index < -0.39 is 9.84 Å². The SMILES string of the molecule is Cc1nn([C@@H]2CCS(=O)(=O)C2)c2nc(C3CC3)cc(C(=O)Nc3cccc(C(C)C)c3)c12. The van der Waals surface area contributed by atoms with Crippen LogP contribution in [-0.4, -0.2) is 40.6 Å². The first-order valence-electron chi connectivity index (χ1n) is 11.2. The number of anilines is 1. The number of amides is 1. The van der Waals surface area contributed by atoms with E-state index in [0.717, 1.165) is 29.8 Å². The van der Waals surface area contributed by atoms with E-state index in [1.165, 1.54) is 0 Å². The molecule has 1 saturated heterocycles. The van der Waals surface area contributed by atoms with Crippen molar-refractivity contribution in [3.63, 3.8) is 0 Å². The molecule has 32 heavy (non-hydrogen) atoms. The summed E-state index contributed by atoms with van der Waals surface area (Å²) in [6, 6.07) is 9.56. The molecule has 2 aliphatic rings. The van der Waals surface area contributed by atoms with Crippen LogP contribution >= 0.6 is 0 Å². The summed E-state index contributed by atoms with van der Waals surface area (Å²) < 4.78 is 25.9. The molecule has 168 valence electrons. The summed E-state index contributed by atoms with van der Waals surface area (Å²) in [5, 5.41) is 8.41. The number of carbonyl (C=O) groups is 1. The van der Waals surface area contributed by atoms with Crippen LogP contribution in [0.15, 0.2) is 30.3 Å². The molecule has 0 bridgehead atoms. The Morgan fingerprint density at radius 1 is 1.19 bits per heavy atom. The largest absolute Gasteiger partial charge is 0.322 e. The van der Waals surface area contributed by atoms with Gasteiger partial charge in [0.25, 0.3) is 5.91 Å². The van der Waals surface area contributed by atoms with Crippen LogP contribution in [0.3, 0.4) is 0 Å². The standard InChI is InChI=1S/C24H28N4O3S/c1-14(2)17-5-4-6-18(11-17)25-24(29)20-12-21(16-7-8-16)26-23-22(20)15(3)27-28(23)19-9-10-32(30,31)13-19/h4-6,11-12,14,16,19H,7-10,13H2,1-3H3,(H,25,29)/t19-/m1/s1. The van der Waals surface area contributed by atoms with E-state index in [4.69, 9.17) is 4.98 Å². The molecule has 1 N–H and O–H groups in total. The van der Waals surface area contributed by atoms with Crippen molar-refractivity contribution in [1.82, 2.24) is 14.8 Å². The molecule has 1 atom stereocenters.